The second-order valence-electron chi connectivity index (χ2n) is 8.95. The summed E-state index contributed by atoms with van der Waals surface area (Å²) in [6.07, 6.45) is 5.35. The Labute approximate surface area is 187 Å². The van der Waals surface area contributed by atoms with Gasteiger partial charge in [-0.2, -0.15) is 0 Å². The molecule has 0 bridgehead atoms. The molecule has 10 heteroatoms. The molecule has 10 nitrogen and oxygen atoms in total. The van der Waals surface area contributed by atoms with Crippen molar-refractivity contribution in [2.45, 2.75) is 25.3 Å². The first kappa shape index (κ1) is 20.9. The molecule has 5 rings (SSSR count). The first-order valence-electron chi connectivity index (χ1n) is 11.4. The first-order chi connectivity index (χ1) is 15.6. The number of piperazine rings is 2. The van der Waals surface area contributed by atoms with Gasteiger partial charge in [0.2, 0.25) is 5.91 Å². The van der Waals surface area contributed by atoms with Crippen molar-refractivity contribution in [2.75, 3.05) is 69.2 Å². The van der Waals surface area contributed by atoms with Crippen molar-refractivity contribution in [2.24, 2.45) is 0 Å². The minimum Gasteiger partial charge on any atom is -0.354 e. The van der Waals surface area contributed by atoms with E-state index in [9.17, 15) is 9.59 Å². The molecule has 0 N–H and O–H groups in total. The highest BCUT2D eigenvalue weighted by Gasteiger charge is 2.26. The standard InChI is InChI=1S/C22H30N8O2/c1-26-4-6-27(7-5-26)19-13-20(24-15-23-19)28-8-10-29(11-9-28)22(32)14-30-16-25-18(12-21(30)31)17-2-3-17/h12-13,15-17H,2-11,14H2,1H3. The lowest BCUT2D eigenvalue weighted by atomic mass is 10.2. The van der Waals surface area contributed by atoms with Crippen molar-refractivity contribution >= 4 is 17.5 Å². The predicted molar refractivity (Wildman–Crippen MR) is 121 cm³/mol. The molecule has 0 radical (unpaired) electrons. The van der Waals surface area contributed by atoms with Gasteiger partial charge in [-0.3, -0.25) is 14.2 Å². The van der Waals surface area contributed by atoms with E-state index in [0.717, 1.165) is 56.4 Å². The van der Waals surface area contributed by atoms with E-state index in [-0.39, 0.29) is 18.0 Å². The Bertz CT molecular complexity index is 1020. The zero-order valence-corrected chi connectivity index (χ0v) is 18.6. The Hall–Kier alpha value is -3.01. The molecule has 0 spiro atoms. The molecule has 3 fully saturated rings. The number of amides is 1. The third-order valence-electron chi connectivity index (χ3n) is 6.62. The topological polar surface area (TPSA) is 90.7 Å². The van der Waals surface area contributed by atoms with Crippen molar-refractivity contribution in [1.29, 1.82) is 0 Å². The molecule has 0 unspecified atom stereocenters. The summed E-state index contributed by atoms with van der Waals surface area (Å²) in [6, 6.07) is 3.63. The van der Waals surface area contributed by atoms with Crippen LogP contribution < -0.4 is 15.4 Å². The van der Waals surface area contributed by atoms with Gasteiger partial charge in [0.05, 0.1) is 12.0 Å². The molecule has 32 heavy (non-hydrogen) atoms. The molecule has 0 aromatic carbocycles. The highest BCUT2D eigenvalue weighted by Crippen LogP contribution is 2.38. The summed E-state index contributed by atoms with van der Waals surface area (Å²) < 4.78 is 1.41. The first-order valence-corrected chi connectivity index (χ1v) is 11.4. The highest BCUT2D eigenvalue weighted by molar-refractivity contribution is 5.76. The smallest absolute Gasteiger partial charge is 0.254 e. The molecule has 1 amide bonds. The van der Waals surface area contributed by atoms with Crippen LogP contribution in [0.15, 0.2) is 29.6 Å². The fourth-order valence-electron chi connectivity index (χ4n) is 4.31. The SMILES string of the molecule is CN1CCN(c2cc(N3CCN(C(=O)Cn4cnc(C5CC5)cc4=O)CC3)ncn2)CC1. The average molecular weight is 439 g/mol. The summed E-state index contributed by atoms with van der Waals surface area (Å²) in [4.78, 5) is 47.0. The maximum Gasteiger partial charge on any atom is 0.254 e. The minimum atomic E-state index is -0.147. The predicted octanol–water partition coefficient (Wildman–Crippen LogP) is 0.0113. The number of carbonyl (C=O) groups is 1. The Morgan fingerprint density at radius 2 is 1.53 bits per heavy atom. The summed E-state index contributed by atoms with van der Waals surface area (Å²) in [5, 5.41) is 0. The van der Waals surface area contributed by atoms with E-state index in [1.165, 1.54) is 10.9 Å². The molecule has 3 aliphatic rings. The Balaban J connectivity index is 1.17. The van der Waals surface area contributed by atoms with Gasteiger partial charge in [-0.15, -0.1) is 0 Å². The van der Waals surface area contributed by atoms with Gasteiger partial charge in [0.1, 0.15) is 24.5 Å². The van der Waals surface area contributed by atoms with Gasteiger partial charge in [-0.1, -0.05) is 0 Å². The van der Waals surface area contributed by atoms with Gasteiger partial charge in [0, 0.05) is 70.4 Å². The average Bonchev–Trinajstić information content (AvgIpc) is 3.67. The molecule has 2 saturated heterocycles. The zero-order chi connectivity index (χ0) is 22.1. The normalized spacial score (nSPS) is 20.0. The van der Waals surface area contributed by atoms with Crippen LogP contribution in [-0.4, -0.2) is 94.6 Å². The van der Waals surface area contributed by atoms with Crippen LogP contribution in [0, 0.1) is 0 Å². The molecule has 0 atom stereocenters. The Kier molecular flexibility index (Phi) is 5.77. The van der Waals surface area contributed by atoms with Crippen LogP contribution in [-0.2, 0) is 11.3 Å². The molecule has 2 aromatic rings. The van der Waals surface area contributed by atoms with Crippen molar-refractivity contribution in [3.63, 3.8) is 0 Å². The van der Waals surface area contributed by atoms with E-state index in [1.54, 1.807) is 12.4 Å². The van der Waals surface area contributed by atoms with Gasteiger partial charge < -0.3 is 19.6 Å². The molecule has 1 saturated carbocycles. The van der Waals surface area contributed by atoms with Crippen molar-refractivity contribution < 1.29 is 4.79 Å². The van der Waals surface area contributed by atoms with Crippen LogP contribution >= 0.6 is 0 Å². The van der Waals surface area contributed by atoms with Crippen molar-refractivity contribution in [3.05, 3.63) is 40.8 Å². The van der Waals surface area contributed by atoms with Gasteiger partial charge in [-0.05, 0) is 19.9 Å². The van der Waals surface area contributed by atoms with E-state index >= 15 is 0 Å². The van der Waals surface area contributed by atoms with Crippen LogP contribution in [0.1, 0.15) is 24.5 Å². The molecular formula is C22H30N8O2. The van der Waals surface area contributed by atoms with Crippen molar-refractivity contribution in [1.82, 2.24) is 29.3 Å². The molecule has 4 heterocycles. The monoisotopic (exact) mass is 438 g/mol. The number of carbonyl (C=O) groups excluding carboxylic acids is 1. The van der Waals surface area contributed by atoms with E-state index < -0.39 is 0 Å². The summed E-state index contributed by atoms with van der Waals surface area (Å²) >= 11 is 0. The summed E-state index contributed by atoms with van der Waals surface area (Å²) in [7, 11) is 2.14. The van der Waals surface area contributed by atoms with Gasteiger partial charge in [0.15, 0.2) is 0 Å². The van der Waals surface area contributed by atoms with Crippen LogP contribution in [0.4, 0.5) is 11.6 Å². The van der Waals surface area contributed by atoms with E-state index in [1.807, 2.05) is 4.90 Å². The summed E-state index contributed by atoms with van der Waals surface area (Å²) in [6.45, 7) is 6.65. The fourth-order valence-corrected chi connectivity index (χ4v) is 4.31. The lowest BCUT2D eigenvalue weighted by molar-refractivity contribution is -0.132. The van der Waals surface area contributed by atoms with Crippen LogP contribution in [0.5, 0.6) is 0 Å². The molecule has 2 aliphatic heterocycles. The number of aromatic nitrogens is 4. The molecule has 2 aromatic heterocycles. The third kappa shape index (κ3) is 4.59. The Morgan fingerprint density at radius 1 is 0.906 bits per heavy atom. The van der Waals surface area contributed by atoms with Crippen molar-refractivity contribution in [3.8, 4) is 0 Å². The number of likely N-dealkylation sites (N-methyl/N-ethyl adjacent to an activating group) is 1. The summed E-state index contributed by atoms with van der Waals surface area (Å²) in [5.74, 6) is 2.24. The molecule has 170 valence electrons. The zero-order valence-electron chi connectivity index (χ0n) is 18.6. The highest BCUT2D eigenvalue weighted by atomic mass is 16.2. The second-order valence-corrected chi connectivity index (χ2v) is 8.95. The van der Waals surface area contributed by atoms with Gasteiger partial charge in [0.25, 0.3) is 5.56 Å². The number of hydrogen-bond donors (Lipinski definition) is 0. The van der Waals surface area contributed by atoms with E-state index in [4.69, 9.17) is 0 Å². The number of anilines is 2. The van der Waals surface area contributed by atoms with Crippen LogP contribution in [0.2, 0.25) is 0 Å². The van der Waals surface area contributed by atoms with Gasteiger partial charge >= 0.3 is 0 Å². The van der Waals surface area contributed by atoms with Gasteiger partial charge in [-0.25, -0.2) is 15.0 Å². The number of nitrogens with zero attached hydrogens (tertiary/aromatic N) is 8. The number of rotatable bonds is 5. The largest absolute Gasteiger partial charge is 0.354 e. The summed E-state index contributed by atoms with van der Waals surface area (Å²) in [5.41, 5.74) is 0.708. The lowest BCUT2D eigenvalue weighted by Crippen LogP contribution is -2.50. The Morgan fingerprint density at radius 3 is 2.12 bits per heavy atom. The molecular weight excluding hydrogens is 408 g/mol. The minimum absolute atomic E-state index is 0.0395. The fraction of sp³-hybridized carbons (Fsp3) is 0.591. The van der Waals surface area contributed by atoms with Crippen LogP contribution in [0.25, 0.3) is 0 Å². The maximum atomic E-state index is 12.8. The second kappa shape index (κ2) is 8.85. The quantitative estimate of drug-likeness (QED) is 0.645. The molecule has 1 aliphatic carbocycles. The van der Waals surface area contributed by atoms with Crippen LogP contribution in [0.3, 0.4) is 0 Å². The third-order valence-corrected chi connectivity index (χ3v) is 6.62. The van der Waals surface area contributed by atoms with E-state index in [2.05, 4.69) is 42.8 Å². The maximum absolute atomic E-state index is 12.8. The van der Waals surface area contributed by atoms with E-state index in [0.29, 0.717) is 32.1 Å². The number of hydrogen-bond acceptors (Lipinski definition) is 8. The lowest BCUT2D eigenvalue weighted by Gasteiger charge is -2.36.